The smallest absolute Gasteiger partial charge is 0.162 e. The molecule has 6 heteroatoms. The van der Waals surface area contributed by atoms with Crippen molar-refractivity contribution in [3.05, 3.63) is 18.0 Å². The van der Waals surface area contributed by atoms with Gasteiger partial charge in [0.25, 0.3) is 0 Å². The first-order chi connectivity index (χ1) is 15.7. The average molecular weight is 454 g/mol. The molecule has 4 fully saturated rings. The van der Waals surface area contributed by atoms with Crippen LogP contribution in [0, 0.1) is 51.8 Å². The Kier molecular flexibility index (Phi) is 5.73. The van der Waals surface area contributed by atoms with Gasteiger partial charge in [0, 0.05) is 19.2 Å². The van der Waals surface area contributed by atoms with Crippen molar-refractivity contribution in [2.24, 2.45) is 40.4 Å². The van der Waals surface area contributed by atoms with Gasteiger partial charge in [0.15, 0.2) is 11.5 Å². The lowest BCUT2D eigenvalue weighted by Crippen LogP contribution is -2.58. The molecule has 0 bridgehead atoms. The topological polar surface area (TPSA) is 88.1 Å². The summed E-state index contributed by atoms with van der Waals surface area (Å²) in [6, 6.07) is 3.72. The van der Waals surface area contributed by atoms with Gasteiger partial charge in [-0.2, -0.15) is 10.4 Å². The number of carbonyl (C=O) groups is 1. The Hall–Kier alpha value is -1.71. The van der Waals surface area contributed by atoms with Gasteiger partial charge in [-0.1, -0.05) is 6.92 Å². The van der Waals surface area contributed by atoms with Gasteiger partial charge in [-0.25, -0.2) is 0 Å². The van der Waals surface area contributed by atoms with Crippen LogP contribution in [0.15, 0.2) is 12.3 Å². The molecule has 4 aliphatic carbocycles. The van der Waals surface area contributed by atoms with E-state index in [-0.39, 0.29) is 29.1 Å². The Morgan fingerprint density at radius 3 is 2.76 bits per heavy atom. The molecule has 0 unspecified atom stereocenters. The fourth-order valence-electron chi connectivity index (χ4n) is 9.09. The van der Waals surface area contributed by atoms with Crippen molar-refractivity contribution in [3.63, 3.8) is 0 Å². The highest BCUT2D eigenvalue weighted by Crippen LogP contribution is 2.68. The van der Waals surface area contributed by atoms with Crippen molar-refractivity contribution in [2.45, 2.75) is 83.8 Å². The van der Waals surface area contributed by atoms with E-state index in [2.05, 4.69) is 12.0 Å². The second kappa shape index (κ2) is 8.20. The Morgan fingerprint density at radius 1 is 1.21 bits per heavy atom. The molecule has 0 radical (unpaired) electrons. The van der Waals surface area contributed by atoms with Crippen molar-refractivity contribution in [1.29, 1.82) is 5.26 Å². The maximum atomic E-state index is 13.4. The normalized spacial score (nSPS) is 44.4. The highest BCUT2D eigenvalue weighted by molar-refractivity contribution is 5.82. The molecule has 0 spiro atoms. The summed E-state index contributed by atoms with van der Waals surface area (Å²) in [5.41, 5.74) is 0.0721. The van der Waals surface area contributed by atoms with Crippen molar-refractivity contribution >= 4 is 5.78 Å². The van der Waals surface area contributed by atoms with Gasteiger partial charge in [0.1, 0.15) is 6.07 Å². The van der Waals surface area contributed by atoms with E-state index in [1.807, 2.05) is 20.1 Å². The van der Waals surface area contributed by atoms with Crippen LogP contribution in [-0.2, 0) is 16.1 Å². The number of methoxy groups -OCH3 is 1. The first kappa shape index (κ1) is 23.1. The van der Waals surface area contributed by atoms with Crippen LogP contribution in [0.1, 0.15) is 77.3 Å². The van der Waals surface area contributed by atoms with Crippen molar-refractivity contribution < 1.29 is 14.6 Å². The van der Waals surface area contributed by atoms with Crippen LogP contribution in [0.5, 0.6) is 0 Å². The van der Waals surface area contributed by atoms with E-state index in [1.165, 1.54) is 19.3 Å². The fourth-order valence-corrected chi connectivity index (χ4v) is 9.09. The van der Waals surface area contributed by atoms with Gasteiger partial charge < -0.3 is 9.84 Å². The average Bonchev–Trinajstić information content (AvgIpc) is 3.37. The summed E-state index contributed by atoms with van der Waals surface area (Å²) >= 11 is 0. The summed E-state index contributed by atoms with van der Waals surface area (Å²) in [6.07, 6.45) is 11.4. The Morgan fingerprint density at radius 2 is 2.03 bits per heavy atom. The largest absolute Gasteiger partial charge is 0.390 e. The minimum atomic E-state index is -0.541. The van der Waals surface area contributed by atoms with Crippen LogP contribution < -0.4 is 0 Å². The molecule has 33 heavy (non-hydrogen) atoms. The second-order valence-electron chi connectivity index (χ2n) is 12.2. The lowest BCUT2D eigenvalue weighted by Gasteiger charge is -2.62. The van der Waals surface area contributed by atoms with E-state index in [1.54, 1.807) is 16.9 Å². The van der Waals surface area contributed by atoms with Crippen LogP contribution in [0.4, 0.5) is 0 Å². The van der Waals surface area contributed by atoms with Crippen LogP contribution in [-0.4, -0.2) is 40.0 Å². The molecule has 1 aromatic rings. The van der Waals surface area contributed by atoms with Crippen molar-refractivity contribution in [3.8, 4) is 6.07 Å². The molecular formula is C27H39N3O3. The summed E-state index contributed by atoms with van der Waals surface area (Å²) in [5.74, 6) is 2.80. The maximum Gasteiger partial charge on any atom is 0.162 e. The predicted octanol–water partition coefficient (Wildman–Crippen LogP) is 4.36. The molecule has 0 aliphatic heterocycles. The number of Topliss-reactive ketones (excluding diaryl/α,β-unsaturated/α-hetero) is 1. The van der Waals surface area contributed by atoms with Crippen molar-refractivity contribution in [1.82, 2.24) is 9.78 Å². The Bertz CT molecular complexity index is 949. The summed E-state index contributed by atoms with van der Waals surface area (Å²) < 4.78 is 7.50. The molecule has 180 valence electrons. The number of nitrogens with zero attached hydrogens (tertiary/aromatic N) is 3. The SMILES string of the molecule is COC[C@]12CC[C@@](C)(O)C[C@H]1CC[C@H]1[C@@H]3CC[C@H](C(=O)Cn4ccc(C#N)n4)[C@@]3(C)CC[C@@H]12. The fraction of sp³-hybridized carbons (Fsp3) is 0.815. The number of ketones is 1. The lowest BCUT2D eigenvalue weighted by molar-refractivity contribution is -0.175. The molecule has 1 aromatic heterocycles. The lowest BCUT2D eigenvalue weighted by atomic mass is 9.43. The number of hydrogen-bond acceptors (Lipinski definition) is 5. The van der Waals surface area contributed by atoms with Gasteiger partial charge in [-0.15, -0.1) is 0 Å². The molecule has 5 rings (SSSR count). The molecule has 1 heterocycles. The number of carbonyl (C=O) groups excluding carboxylic acids is 1. The van der Waals surface area contributed by atoms with Gasteiger partial charge in [-0.05, 0) is 105 Å². The van der Waals surface area contributed by atoms with Gasteiger partial charge in [-0.3, -0.25) is 9.48 Å². The minimum Gasteiger partial charge on any atom is -0.390 e. The van der Waals surface area contributed by atoms with E-state index in [9.17, 15) is 9.90 Å². The first-order valence-electron chi connectivity index (χ1n) is 12.9. The molecule has 4 saturated carbocycles. The molecule has 4 aliphatic rings. The molecule has 8 atom stereocenters. The number of nitriles is 1. The van der Waals surface area contributed by atoms with Crippen LogP contribution >= 0.6 is 0 Å². The van der Waals surface area contributed by atoms with Crippen molar-refractivity contribution in [2.75, 3.05) is 13.7 Å². The van der Waals surface area contributed by atoms with Gasteiger partial charge in [0.05, 0.1) is 18.8 Å². The summed E-state index contributed by atoms with van der Waals surface area (Å²) in [7, 11) is 1.84. The third-order valence-corrected chi connectivity index (χ3v) is 10.5. The molecule has 1 N–H and O–H groups in total. The number of hydrogen-bond donors (Lipinski definition) is 1. The third-order valence-electron chi connectivity index (χ3n) is 10.5. The number of ether oxygens (including phenoxy) is 1. The van der Waals surface area contributed by atoms with E-state index >= 15 is 0 Å². The highest BCUT2D eigenvalue weighted by atomic mass is 16.5. The zero-order chi connectivity index (χ0) is 23.4. The molecule has 6 nitrogen and oxygen atoms in total. The summed E-state index contributed by atoms with van der Waals surface area (Å²) in [5, 5.41) is 24.1. The Balaban J connectivity index is 1.36. The number of fused-ring (bicyclic) bond motifs is 5. The van der Waals surface area contributed by atoms with Gasteiger partial charge >= 0.3 is 0 Å². The van der Waals surface area contributed by atoms with E-state index in [0.717, 1.165) is 45.1 Å². The second-order valence-corrected chi connectivity index (χ2v) is 12.2. The zero-order valence-electron chi connectivity index (χ0n) is 20.4. The highest BCUT2D eigenvalue weighted by Gasteiger charge is 2.63. The van der Waals surface area contributed by atoms with Crippen LogP contribution in [0.25, 0.3) is 0 Å². The molecule has 0 amide bonds. The maximum absolute atomic E-state index is 13.4. The molecule has 0 aromatic carbocycles. The predicted molar refractivity (Wildman–Crippen MR) is 124 cm³/mol. The minimum absolute atomic E-state index is 0.0602. The Labute approximate surface area is 197 Å². The van der Waals surface area contributed by atoms with Gasteiger partial charge in [0.2, 0.25) is 0 Å². The standard InChI is InChI=1S/C27H39N3O3/c1-25(32)11-12-27(17-33-3)18(14-25)4-5-20-21-6-7-23(26(21,2)10-8-22(20)27)24(31)16-30-13-9-19(15-28)29-30/h9,13,18,20-23,32H,4-8,10-12,14,16-17H2,1-3H3/t18-,20+,21+,22+,23-,25-,26+,27-/m1/s1. The number of aliphatic hydroxyl groups is 1. The van der Waals surface area contributed by atoms with Crippen LogP contribution in [0.2, 0.25) is 0 Å². The zero-order valence-corrected chi connectivity index (χ0v) is 20.4. The summed E-state index contributed by atoms with van der Waals surface area (Å²) in [6.45, 7) is 5.48. The number of rotatable bonds is 5. The van der Waals surface area contributed by atoms with E-state index in [0.29, 0.717) is 29.4 Å². The quantitative estimate of drug-likeness (QED) is 0.716. The first-order valence-corrected chi connectivity index (χ1v) is 12.9. The van der Waals surface area contributed by atoms with E-state index < -0.39 is 5.60 Å². The van der Waals surface area contributed by atoms with E-state index in [4.69, 9.17) is 10.00 Å². The molecular weight excluding hydrogens is 414 g/mol. The summed E-state index contributed by atoms with van der Waals surface area (Å²) in [4.78, 5) is 13.4. The third kappa shape index (κ3) is 3.67. The monoisotopic (exact) mass is 453 g/mol. The molecule has 0 saturated heterocycles. The van der Waals surface area contributed by atoms with Crippen LogP contribution in [0.3, 0.4) is 0 Å². The number of aromatic nitrogens is 2.